The van der Waals surface area contributed by atoms with Crippen LogP contribution in [0.15, 0.2) is 66.8 Å². The van der Waals surface area contributed by atoms with Crippen LogP contribution in [0.25, 0.3) is 5.57 Å². The van der Waals surface area contributed by atoms with Crippen LogP contribution in [0.5, 0.6) is 0 Å². The first-order chi connectivity index (χ1) is 16.1. The molecule has 1 unspecified atom stereocenters. The normalized spacial score (nSPS) is 25.1. The van der Waals surface area contributed by atoms with Gasteiger partial charge < -0.3 is 0 Å². The van der Waals surface area contributed by atoms with E-state index in [0.717, 1.165) is 30.3 Å². The maximum Gasteiger partial charge on any atom is 0.131 e. The fourth-order valence-electron chi connectivity index (χ4n) is 5.50. The first-order valence-corrected chi connectivity index (χ1v) is 13.4. The zero-order chi connectivity index (χ0) is 23.1. The van der Waals surface area contributed by atoms with Crippen LogP contribution in [0.2, 0.25) is 0 Å². The predicted octanol–water partition coefficient (Wildman–Crippen LogP) is 9.63. The highest BCUT2D eigenvalue weighted by atomic mass is 35.5. The number of allylic oxidation sites excluding steroid dienone is 4. The largest absolute Gasteiger partial charge is 0.206 e. The average Bonchev–Trinajstić information content (AvgIpc) is 2.85. The Morgan fingerprint density at radius 1 is 0.970 bits per heavy atom. The molecule has 2 aromatic rings. The van der Waals surface area contributed by atoms with Crippen LogP contribution in [0, 0.1) is 11.7 Å². The molecule has 1 saturated carbocycles. The van der Waals surface area contributed by atoms with Gasteiger partial charge in [0.25, 0.3) is 0 Å². The summed E-state index contributed by atoms with van der Waals surface area (Å²) in [4.78, 5) is -0.320. The monoisotopic (exact) mass is 464 g/mol. The van der Waals surface area contributed by atoms with Gasteiger partial charge in [0, 0.05) is 5.56 Å². The smallest absolute Gasteiger partial charge is 0.131 e. The highest BCUT2D eigenvalue weighted by molar-refractivity contribution is 6.25. The first kappa shape index (κ1) is 24.3. The van der Waals surface area contributed by atoms with Crippen molar-refractivity contribution >= 4 is 17.2 Å². The van der Waals surface area contributed by atoms with Crippen molar-refractivity contribution in [3.8, 4) is 0 Å². The third-order valence-corrected chi connectivity index (χ3v) is 8.21. The lowest BCUT2D eigenvalue weighted by Gasteiger charge is -2.32. The van der Waals surface area contributed by atoms with Crippen LogP contribution < -0.4 is 0 Å². The number of aryl methyl sites for hydroxylation is 1. The van der Waals surface area contributed by atoms with Crippen LogP contribution in [0.1, 0.15) is 93.7 Å². The van der Waals surface area contributed by atoms with E-state index in [0.29, 0.717) is 5.56 Å². The second kappa shape index (κ2) is 11.5. The summed E-state index contributed by atoms with van der Waals surface area (Å²) in [6.07, 6.45) is 19.5. The van der Waals surface area contributed by atoms with Crippen molar-refractivity contribution < 1.29 is 4.39 Å². The topological polar surface area (TPSA) is 0 Å². The standard InChI is InChI=1S/C31H38ClF/c1-2-3-4-7-24-10-14-26(15-11-24)27-16-12-25(13-17-27)18-21-31(32)22-19-28(20-23-31)29-8-5-6-9-30(29)33/h5-6,8-11,14-15,19-20,22,25,27H,2-4,7,12-13,16-18,21,23H2,1H3. The van der Waals surface area contributed by atoms with Crippen LogP contribution >= 0.6 is 11.6 Å². The van der Waals surface area contributed by atoms with Gasteiger partial charge in [0.05, 0.1) is 4.87 Å². The van der Waals surface area contributed by atoms with Crippen LogP contribution in [0.4, 0.5) is 4.39 Å². The minimum Gasteiger partial charge on any atom is -0.206 e. The molecule has 0 N–H and O–H groups in total. The number of hydrogen-bond donors (Lipinski definition) is 0. The second-order valence-electron chi connectivity index (χ2n) is 10.2. The number of benzene rings is 2. The predicted molar refractivity (Wildman–Crippen MR) is 140 cm³/mol. The Morgan fingerprint density at radius 3 is 2.39 bits per heavy atom. The van der Waals surface area contributed by atoms with Gasteiger partial charge in [-0.25, -0.2) is 4.39 Å². The molecular formula is C31H38ClF. The van der Waals surface area contributed by atoms with Gasteiger partial charge >= 0.3 is 0 Å². The average molecular weight is 465 g/mol. The second-order valence-corrected chi connectivity index (χ2v) is 10.9. The summed E-state index contributed by atoms with van der Waals surface area (Å²) in [5.74, 6) is 1.32. The molecule has 176 valence electrons. The number of unbranched alkanes of at least 4 members (excludes halogenated alkanes) is 2. The molecule has 0 saturated heterocycles. The van der Waals surface area contributed by atoms with Crippen molar-refractivity contribution in [3.63, 3.8) is 0 Å². The third kappa shape index (κ3) is 6.60. The van der Waals surface area contributed by atoms with Crippen LogP contribution in [-0.4, -0.2) is 4.87 Å². The van der Waals surface area contributed by atoms with Crippen molar-refractivity contribution in [1.29, 1.82) is 0 Å². The van der Waals surface area contributed by atoms with Gasteiger partial charge in [-0.2, -0.15) is 0 Å². The van der Waals surface area contributed by atoms with Gasteiger partial charge in [-0.3, -0.25) is 0 Å². The van der Waals surface area contributed by atoms with Gasteiger partial charge in [0.1, 0.15) is 5.82 Å². The molecule has 1 atom stereocenters. The molecule has 2 aliphatic rings. The van der Waals surface area contributed by atoms with E-state index in [1.165, 1.54) is 75.0 Å². The van der Waals surface area contributed by atoms with Gasteiger partial charge in [-0.05, 0) is 92.4 Å². The molecule has 0 amide bonds. The zero-order valence-electron chi connectivity index (χ0n) is 20.0. The molecule has 0 bridgehead atoms. The Bertz CT molecular complexity index is 949. The summed E-state index contributed by atoms with van der Waals surface area (Å²) in [5.41, 5.74) is 4.63. The Hall–Kier alpha value is -1.86. The summed E-state index contributed by atoms with van der Waals surface area (Å²) in [6, 6.07) is 16.4. The summed E-state index contributed by atoms with van der Waals surface area (Å²) < 4.78 is 14.1. The Labute approximate surface area is 205 Å². The molecule has 2 aliphatic carbocycles. The SMILES string of the molecule is CCCCCc1ccc(C2CCC(CCC3(Cl)C=CC(c4ccccc4F)=CC3)CC2)cc1. The number of alkyl halides is 1. The van der Waals surface area contributed by atoms with Crippen LogP contribution in [0.3, 0.4) is 0 Å². The minimum absolute atomic E-state index is 0.168. The number of hydrogen-bond acceptors (Lipinski definition) is 0. The molecule has 0 heterocycles. The van der Waals surface area contributed by atoms with E-state index in [9.17, 15) is 4.39 Å². The summed E-state index contributed by atoms with van der Waals surface area (Å²) in [6.45, 7) is 2.26. The molecule has 0 aliphatic heterocycles. The van der Waals surface area contributed by atoms with E-state index in [1.54, 1.807) is 6.07 Å². The van der Waals surface area contributed by atoms with Gasteiger partial charge in [0.15, 0.2) is 0 Å². The number of halogens is 2. The van der Waals surface area contributed by atoms with Gasteiger partial charge in [-0.1, -0.05) is 80.5 Å². The fraction of sp³-hybridized carbons (Fsp3) is 0.484. The molecule has 2 heteroatoms. The Balaban J connectivity index is 1.22. The van der Waals surface area contributed by atoms with E-state index in [-0.39, 0.29) is 10.7 Å². The summed E-state index contributed by atoms with van der Waals surface area (Å²) in [7, 11) is 0. The van der Waals surface area contributed by atoms with Crippen molar-refractivity contribution in [1.82, 2.24) is 0 Å². The highest BCUT2D eigenvalue weighted by Gasteiger charge is 2.29. The van der Waals surface area contributed by atoms with E-state index in [4.69, 9.17) is 11.6 Å². The lowest BCUT2D eigenvalue weighted by molar-refractivity contribution is 0.298. The molecule has 0 aromatic heterocycles. The molecular weight excluding hydrogens is 427 g/mol. The Kier molecular flexibility index (Phi) is 8.47. The van der Waals surface area contributed by atoms with E-state index in [2.05, 4.69) is 43.3 Å². The summed E-state index contributed by atoms with van der Waals surface area (Å²) in [5, 5.41) is 0. The first-order valence-electron chi connectivity index (χ1n) is 13.0. The highest BCUT2D eigenvalue weighted by Crippen LogP contribution is 2.41. The molecule has 0 spiro atoms. The van der Waals surface area contributed by atoms with E-state index < -0.39 is 0 Å². The van der Waals surface area contributed by atoms with Crippen molar-refractivity contribution in [2.45, 2.75) is 88.3 Å². The lowest BCUT2D eigenvalue weighted by atomic mass is 9.76. The quantitative estimate of drug-likeness (QED) is 0.256. The fourth-order valence-corrected chi connectivity index (χ4v) is 5.75. The van der Waals surface area contributed by atoms with Crippen LogP contribution in [-0.2, 0) is 6.42 Å². The lowest BCUT2D eigenvalue weighted by Crippen LogP contribution is -2.22. The molecule has 4 rings (SSSR count). The molecule has 2 aromatic carbocycles. The van der Waals surface area contributed by atoms with E-state index in [1.807, 2.05) is 18.2 Å². The molecule has 1 fully saturated rings. The number of rotatable bonds is 9. The zero-order valence-corrected chi connectivity index (χ0v) is 20.8. The van der Waals surface area contributed by atoms with Gasteiger partial charge in [0.2, 0.25) is 0 Å². The molecule has 33 heavy (non-hydrogen) atoms. The van der Waals surface area contributed by atoms with Gasteiger partial charge in [-0.15, -0.1) is 11.6 Å². The van der Waals surface area contributed by atoms with Crippen molar-refractivity contribution in [3.05, 3.63) is 89.3 Å². The molecule has 0 nitrogen and oxygen atoms in total. The minimum atomic E-state index is -0.320. The maximum absolute atomic E-state index is 14.1. The molecule has 0 radical (unpaired) electrons. The van der Waals surface area contributed by atoms with E-state index >= 15 is 0 Å². The Morgan fingerprint density at radius 2 is 1.73 bits per heavy atom. The third-order valence-electron chi connectivity index (χ3n) is 7.74. The van der Waals surface area contributed by atoms with Crippen molar-refractivity contribution in [2.75, 3.05) is 0 Å². The maximum atomic E-state index is 14.1. The van der Waals surface area contributed by atoms with Crippen molar-refractivity contribution in [2.24, 2.45) is 5.92 Å². The summed E-state index contributed by atoms with van der Waals surface area (Å²) >= 11 is 6.95.